The number of non-ortho nitro benzene ring substituents is 1. The lowest BCUT2D eigenvalue weighted by atomic mass is 10.1. The number of hydrogen-bond acceptors (Lipinski definition) is 5. The Labute approximate surface area is 131 Å². The fraction of sp³-hybridized carbons (Fsp3) is 0.0714. The standard InChI is InChI=1S/C14H7F3N4O3/c15-14(16,17)11-7-13(22)18-12-5-4-10(19-20(11)12)8-2-1-3-9(6-8)21(23)24/h1-7H. The van der Waals surface area contributed by atoms with Gasteiger partial charge in [0.05, 0.1) is 10.6 Å². The van der Waals surface area contributed by atoms with Crippen LogP contribution < -0.4 is 5.56 Å². The SMILES string of the molecule is O=c1cc(C(F)(F)F)n2nc(-c3cccc([N+](=O)[O-])c3)ccc2n1. The lowest BCUT2D eigenvalue weighted by molar-refractivity contribution is -0.384. The summed E-state index contributed by atoms with van der Waals surface area (Å²) in [5.74, 6) is 0. The van der Waals surface area contributed by atoms with Crippen molar-refractivity contribution < 1.29 is 18.1 Å². The number of nitro benzene ring substituents is 1. The molecule has 122 valence electrons. The van der Waals surface area contributed by atoms with Crippen LogP contribution in [0.15, 0.2) is 47.3 Å². The third-order valence-corrected chi connectivity index (χ3v) is 3.17. The van der Waals surface area contributed by atoms with E-state index >= 15 is 0 Å². The van der Waals surface area contributed by atoms with Crippen molar-refractivity contribution in [2.75, 3.05) is 0 Å². The summed E-state index contributed by atoms with van der Waals surface area (Å²) in [6, 6.07) is 8.19. The minimum absolute atomic E-state index is 0.0714. The molecule has 0 N–H and O–H groups in total. The van der Waals surface area contributed by atoms with Gasteiger partial charge in [0.25, 0.3) is 11.2 Å². The van der Waals surface area contributed by atoms with Crippen molar-refractivity contribution >= 4 is 11.3 Å². The van der Waals surface area contributed by atoms with Gasteiger partial charge in [-0.1, -0.05) is 12.1 Å². The molecular formula is C14H7F3N4O3. The van der Waals surface area contributed by atoms with Gasteiger partial charge in [-0.3, -0.25) is 14.9 Å². The van der Waals surface area contributed by atoms with Crippen LogP contribution in [0.5, 0.6) is 0 Å². The smallest absolute Gasteiger partial charge is 0.267 e. The molecule has 0 spiro atoms. The molecule has 0 aliphatic heterocycles. The predicted molar refractivity (Wildman–Crippen MR) is 76.3 cm³/mol. The lowest BCUT2D eigenvalue weighted by Gasteiger charge is -2.11. The molecule has 0 saturated heterocycles. The highest BCUT2D eigenvalue weighted by Gasteiger charge is 2.34. The fourth-order valence-corrected chi connectivity index (χ4v) is 2.14. The van der Waals surface area contributed by atoms with Gasteiger partial charge in [0, 0.05) is 23.8 Å². The van der Waals surface area contributed by atoms with E-state index in [4.69, 9.17) is 0 Å². The molecule has 0 amide bonds. The van der Waals surface area contributed by atoms with E-state index in [0.717, 1.165) is 0 Å². The van der Waals surface area contributed by atoms with Gasteiger partial charge < -0.3 is 0 Å². The van der Waals surface area contributed by atoms with Crippen LogP contribution in [-0.2, 0) is 6.18 Å². The summed E-state index contributed by atoms with van der Waals surface area (Å²) < 4.78 is 39.8. The monoisotopic (exact) mass is 336 g/mol. The van der Waals surface area contributed by atoms with Gasteiger partial charge in [0.1, 0.15) is 0 Å². The second-order valence-electron chi connectivity index (χ2n) is 4.77. The first-order valence-corrected chi connectivity index (χ1v) is 6.49. The number of alkyl halides is 3. The normalized spacial score (nSPS) is 11.6. The predicted octanol–water partition coefficient (Wildman–Crippen LogP) is 2.68. The van der Waals surface area contributed by atoms with E-state index in [1.165, 1.54) is 36.4 Å². The Morgan fingerprint density at radius 2 is 1.88 bits per heavy atom. The summed E-state index contributed by atoms with van der Waals surface area (Å²) in [4.78, 5) is 25.0. The molecule has 1 aromatic carbocycles. The van der Waals surface area contributed by atoms with Crippen molar-refractivity contribution in [2.45, 2.75) is 6.18 Å². The van der Waals surface area contributed by atoms with E-state index in [9.17, 15) is 28.1 Å². The zero-order valence-corrected chi connectivity index (χ0v) is 11.7. The molecule has 0 bridgehead atoms. The number of nitro groups is 1. The van der Waals surface area contributed by atoms with Crippen molar-refractivity contribution in [3.8, 4) is 11.3 Å². The number of halogens is 3. The van der Waals surface area contributed by atoms with Crippen LogP contribution in [0.4, 0.5) is 18.9 Å². The highest BCUT2D eigenvalue weighted by Crippen LogP contribution is 2.29. The highest BCUT2D eigenvalue weighted by atomic mass is 19.4. The number of fused-ring (bicyclic) bond motifs is 1. The zero-order valence-electron chi connectivity index (χ0n) is 11.7. The van der Waals surface area contributed by atoms with Crippen molar-refractivity contribution in [1.29, 1.82) is 0 Å². The molecule has 0 saturated carbocycles. The van der Waals surface area contributed by atoms with E-state index in [1.807, 2.05) is 0 Å². The Morgan fingerprint density at radius 1 is 1.12 bits per heavy atom. The van der Waals surface area contributed by atoms with Crippen LogP contribution in [0.25, 0.3) is 16.9 Å². The summed E-state index contributed by atoms with van der Waals surface area (Å²) in [5.41, 5.74) is -2.47. The topological polar surface area (TPSA) is 90.4 Å². The Bertz CT molecular complexity index is 1010. The Balaban J connectivity index is 2.25. The number of aromatic nitrogens is 3. The van der Waals surface area contributed by atoms with E-state index < -0.39 is 22.4 Å². The molecule has 0 aliphatic rings. The van der Waals surface area contributed by atoms with E-state index in [0.29, 0.717) is 10.6 Å². The lowest BCUT2D eigenvalue weighted by Crippen LogP contribution is -2.21. The quantitative estimate of drug-likeness (QED) is 0.530. The zero-order chi connectivity index (χ0) is 17.5. The Hall–Kier alpha value is -3.30. The second-order valence-corrected chi connectivity index (χ2v) is 4.77. The van der Waals surface area contributed by atoms with Crippen LogP contribution >= 0.6 is 0 Å². The summed E-state index contributed by atoms with van der Waals surface area (Å²) in [7, 11) is 0. The van der Waals surface area contributed by atoms with Crippen LogP contribution in [0.1, 0.15) is 5.69 Å². The Kier molecular flexibility index (Phi) is 3.51. The number of benzene rings is 1. The maximum Gasteiger partial charge on any atom is 0.433 e. The first-order chi connectivity index (χ1) is 11.3. The van der Waals surface area contributed by atoms with Gasteiger partial charge in [-0.25, -0.2) is 4.52 Å². The van der Waals surface area contributed by atoms with Gasteiger partial charge in [0.15, 0.2) is 11.3 Å². The molecule has 0 atom stereocenters. The maximum absolute atomic E-state index is 13.1. The van der Waals surface area contributed by atoms with Crippen molar-refractivity contribution in [2.24, 2.45) is 0 Å². The number of rotatable bonds is 2. The van der Waals surface area contributed by atoms with Crippen LogP contribution in [0.2, 0.25) is 0 Å². The van der Waals surface area contributed by atoms with Gasteiger partial charge >= 0.3 is 6.18 Å². The van der Waals surface area contributed by atoms with E-state index in [-0.39, 0.29) is 22.6 Å². The minimum Gasteiger partial charge on any atom is -0.267 e. The molecule has 7 nitrogen and oxygen atoms in total. The third kappa shape index (κ3) is 2.81. The third-order valence-electron chi connectivity index (χ3n) is 3.17. The van der Waals surface area contributed by atoms with Gasteiger partial charge in [-0.2, -0.15) is 23.3 Å². The largest absolute Gasteiger partial charge is 0.433 e. The highest BCUT2D eigenvalue weighted by molar-refractivity contribution is 5.63. The van der Waals surface area contributed by atoms with Crippen LogP contribution in [0.3, 0.4) is 0 Å². The van der Waals surface area contributed by atoms with Crippen LogP contribution in [-0.4, -0.2) is 19.5 Å². The number of nitrogens with zero attached hydrogens (tertiary/aromatic N) is 4. The molecule has 0 unspecified atom stereocenters. The summed E-state index contributed by atoms with van der Waals surface area (Å²) in [6.45, 7) is 0. The molecule has 2 aromatic heterocycles. The first kappa shape index (κ1) is 15.6. The van der Waals surface area contributed by atoms with Gasteiger partial charge in [0.2, 0.25) is 0 Å². The van der Waals surface area contributed by atoms with Gasteiger partial charge in [-0.05, 0) is 12.1 Å². The summed E-state index contributed by atoms with van der Waals surface area (Å²) in [5, 5.41) is 14.6. The Morgan fingerprint density at radius 3 is 2.54 bits per heavy atom. The molecule has 0 fully saturated rings. The average Bonchev–Trinajstić information content (AvgIpc) is 2.53. The summed E-state index contributed by atoms with van der Waals surface area (Å²) in [6.07, 6.45) is -4.81. The molecular weight excluding hydrogens is 329 g/mol. The van der Waals surface area contributed by atoms with Gasteiger partial charge in [-0.15, -0.1) is 0 Å². The molecule has 10 heteroatoms. The minimum atomic E-state index is -4.81. The van der Waals surface area contributed by atoms with Crippen molar-refractivity contribution in [3.63, 3.8) is 0 Å². The maximum atomic E-state index is 13.1. The van der Waals surface area contributed by atoms with E-state index in [1.54, 1.807) is 0 Å². The molecule has 2 heterocycles. The van der Waals surface area contributed by atoms with Crippen molar-refractivity contribution in [1.82, 2.24) is 14.6 Å². The van der Waals surface area contributed by atoms with Crippen LogP contribution in [0, 0.1) is 10.1 Å². The second kappa shape index (κ2) is 5.41. The molecule has 0 radical (unpaired) electrons. The molecule has 3 rings (SSSR count). The summed E-state index contributed by atoms with van der Waals surface area (Å²) >= 11 is 0. The molecule has 3 aromatic rings. The van der Waals surface area contributed by atoms with Crippen molar-refractivity contribution in [3.05, 3.63) is 68.6 Å². The molecule has 24 heavy (non-hydrogen) atoms. The molecule has 0 aliphatic carbocycles. The average molecular weight is 336 g/mol. The first-order valence-electron chi connectivity index (χ1n) is 6.49. The number of hydrogen-bond donors (Lipinski definition) is 0. The van der Waals surface area contributed by atoms with E-state index in [2.05, 4.69) is 10.1 Å². The fourth-order valence-electron chi connectivity index (χ4n) is 2.14.